The minimum atomic E-state index is -3.52. The molecule has 1 aromatic heterocycles. The van der Waals surface area contributed by atoms with Gasteiger partial charge in [-0.25, -0.2) is 13.1 Å². The van der Waals surface area contributed by atoms with Gasteiger partial charge in [0.25, 0.3) is 0 Å². The monoisotopic (exact) mass is 326 g/mol. The number of hydrogen-bond donors (Lipinski definition) is 1. The lowest BCUT2D eigenvalue weighted by atomic mass is 10.1. The summed E-state index contributed by atoms with van der Waals surface area (Å²) in [7, 11) is -1.96. The van der Waals surface area contributed by atoms with Crippen molar-refractivity contribution in [2.45, 2.75) is 25.2 Å². The van der Waals surface area contributed by atoms with Gasteiger partial charge in [0, 0.05) is 17.6 Å². The second-order valence-electron chi connectivity index (χ2n) is 4.71. The lowest BCUT2D eigenvalue weighted by Crippen LogP contribution is -2.27. The number of sulfonamides is 1. The molecule has 21 heavy (non-hydrogen) atoms. The highest BCUT2D eigenvalue weighted by Gasteiger charge is 2.20. The van der Waals surface area contributed by atoms with Crippen molar-refractivity contribution in [1.82, 2.24) is 9.71 Å². The van der Waals surface area contributed by atoms with Gasteiger partial charge in [0.05, 0.1) is 17.5 Å². The number of aromatic nitrogens is 1. The molecular weight excluding hydrogens is 308 g/mol. The van der Waals surface area contributed by atoms with Gasteiger partial charge in [-0.05, 0) is 43.5 Å². The molecule has 0 saturated heterocycles. The van der Waals surface area contributed by atoms with Gasteiger partial charge in [0.15, 0.2) is 0 Å². The number of nitrogens with zero attached hydrogens (tertiary/aromatic N) is 1. The molecule has 0 radical (unpaired) electrons. The number of benzene rings is 1. The summed E-state index contributed by atoms with van der Waals surface area (Å²) in [6.45, 7) is 3.90. The van der Waals surface area contributed by atoms with E-state index in [1.165, 1.54) is 11.3 Å². The summed E-state index contributed by atoms with van der Waals surface area (Å²) in [4.78, 5) is 5.35. The fourth-order valence-electron chi connectivity index (χ4n) is 2.20. The third-order valence-electron chi connectivity index (χ3n) is 3.09. The molecule has 0 saturated carbocycles. The molecule has 0 amide bonds. The predicted octanol–water partition coefficient (Wildman–Crippen LogP) is 2.29. The first-order valence-electron chi connectivity index (χ1n) is 6.46. The zero-order chi connectivity index (χ0) is 15.5. The van der Waals surface area contributed by atoms with Crippen LogP contribution in [0.3, 0.4) is 0 Å². The highest BCUT2D eigenvalue weighted by molar-refractivity contribution is 7.89. The van der Waals surface area contributed by atoms with Gasteiger partial charge in [-0.1, -0.05) is 0 Å². The first kappa shape index (κ1) is 15.9. The summed E-state index contributed by atoms with van der Waals surface area (Å²) in [5.74, 6) is 0.661. The van der Waals surface area contributed by atoms with Crippen molar-refractivity contribution in [3.05, 3.63) is 39.8 Å². The maximum atomic E-state index is 12.4. The number of aryl methyl sites for hydroxylation is 2. The van der Waals surface area contributed by atoms with Gasteiger partial charge in [-0.2, -0.15) is 0 Å². The van der Waals surface area contributed by atoms with Crippen LogP contribution in [-0.2, 0) is 16.4 Å². The first-order valence-corrected chi connectivity index (χ1v) is 8.82. The van der Waals surface area contributed by atoms with Gasteiger partial charge in [0.1, 0.15) is 5.75 Å². The van der Waals surface area contributed by atoms with Gasteiger partial charge in [0.2, 0.25) is 10.0 Å². The Kier molecular flexibility index (Phi) is 4.97. The zero-order valence-corrected chi connectivity index (χ0v) is 13.8. The maximum absolute atomic E-state index is 12.4. The number of hydrogen-bond acceptors (Lipinski definition) is 5. The van der Waals surface area contributed by atoms with Crippen molar-refractivity contribution in [2.75, 3.05) is 13.7 Å². The van der Waals surface area contributed by atoms with Crippen LogP contribution in [0.5, 0.6) is 5.75 Å². The van der Waals surface area contributed by atoms with E-state index in [1.54, 1.807) is 44.8 Å². The number of thiazole rings is 1. The number of ether oxygens (including phenoxy) is 1. The fourth-order valence-corrected chi connectivity index (χ4v) is 4.28. The Morgan fingerprint density at radius 3 is 2.48 bits per heavy atom. The van der Waals surface area contributed by atoms with Crippen LogP contribution < -0.4 is 9.46 Å². The smallest absolute Gasteiger partial charge is 0.241 e. The molecule has 7 heteroatoms. The second-order valence-corrected chi connectivity index (χ2v) is 7.38. The molecular formula is C14H18N2O3S2. The molecule has 2 aromatic rings. The van der Waals surface area contributed by atoms with Crippen LogP contribution in [0.4, 0.5) is 0 Å². The lowest BCUT2D eigenvalue weighted by molar-refractivity contribution is 0.413. The summed E-state index contributed by atoms with van der Waals surface area (Å²) >= 11 is 1.52. The molecule has 0 unspecified atom stereocenters. The lowest BCUT2D eigenvalue weighted by Gasteiger charge is -2.13. The van der Waals surface area contributed by atoms with Crippen LogP contribution in [0.15, 0.2) is 28.7 Å². The van der Waals surface area contributed by atoms with Crippen LogP contribution in [-0.4, -0.2) is 27.1 Å². The topological polar surface area (TPSA) is 68.3 Å². The Balaban J connectivity index is 2.15. The first-order chi connectivity index (χ1) is 9.94. The van der Waals surface area contributed by atoms with Crippen LogP contribution >= 0.6 is 11.3 Å². The van der Waals surface area contributed by atoms with Crippen LogP contribution in [0.1, 0.15) is 16.0 Å². The molecule has 0 fully saturated rings. The highest BCUT2D eigenvalue weighted by atomic mass is 32.2. The Bertz CT molecular complexity index is 687. The quantitative estimate of drug-likeness (QED) is 0.884. The molecule has 1 heterocycles. The van der Waals surface area contributed by atoms with E-state index in [0.717, 1.165) is 4.88 Å². The van der Waals surface area contributed by atoms with E-state index in [-0.39, 0.29) is 0 Å². The van der Waals surface area contributed by atoms with E-state index in [4.69, 9.17) is 4.74 Å². The van der Waals surface area contributed by atoms with E-state index in [9.17, 15) is 8.42 Å². The average Bonchev–Trinajstić information content (AvgIpc) is 2.90. The minimum absolute atomic E-state index is 0.326. The Labute approximate surface area is 129 Å². The summed E-state index contributed by atoms with van der Waals surface area (Å²) < 4.78 is 32.7. The van der Waals surface area contributed by atoms with E-state index >= 15 is 0 Å². The second kappa shape index (κ2) is 6.55. The van der Waals surface area contributed by atoms with Gasteiger partial charge in [-0.15, -0.1) is 11.3 Å². The summed E-state index contributed by atoms with van der Waals surface area (Å²) in [6, 6.07) is 3.45. The fraction of sp³-hybridized carbons (Fsp3) is 0.357. The van der Waals surface area contributed by atoms with Crippen LogP contribution in [0.2, 0.25) is 0 Å². The van der Waals surface area contributed by atoms with Crippen molar-refractivity contribution >= 4 is 21.4 Å². The molecule has 2 rings (SSSR count). The summed E-state index contributed by atoms with van der Waals surface area (Å²) in [5, 5.41) is 0. The van der Waals surface area contributed by atoms with Gasteiger partial charge >= 0.3 is 0 Å². The molecule has 0 spiro atoms. The SMILES string of the molecule is COc1cc(C)c(S(=O)(=O)NCCc2cncs2)c(C)c1. The molecule has 0 bridgehead atoms. The van der Waals surface area contributed by atoms with E-state index in [2.05, 4.69) is 9.71 Å². The molecule has 114 valence electrons. The van der Waals surface area contributed by atoms with Crippen molar-refractivity contribution in [2.24, 2.45) is 0 Å². The highest BCUT2D eigenvalue weighted by Crippen LogP contribution is 2.25. The van der Waals surface area contributed by atoms with Crippen molar-refractivity contribution in [1.29, 1.82) is 0 Å². The maximum Gasteiger partial charge on any atom is 0.241 e. The molecule has 5 nitrogen and oxygen atoms in total. The van der Waals surface area contributed by atoms with Crippen molar-refractivity contribution in [3.8, 4) is 5.75 Å². The Morgan fingerprint density at radius 2 is 1.95 bits per heavy atom. The number of nitrogens with one attached hydrogen (secondary N) is 1. The molecule has 0 atom stereocenters. The van der Waals surface area contributed by atoms with Gasteiger partial charge < -0.3 is 4.74 Å². The van der Waals surface area contributed by atoms with Crippen molar-refractivity contribution < 1.29 is 13.2 Å². The van der Waals surface area contributed by atoms with Crippen LogP contribution in [0, 0.1) is 13.8 Å². The average molecular weight is 326 g/mol. The number of rotatable bonds is 6. The number of methoxy groups -OCH3 is 1. The van der Waals surface area contributed by atoms with Crippen LogP contribution in [0.25, 0.3) is 0 Å². The summed E-state index contributed by atoms with van der Waals surface area (Å²) in [5.41, 5.74) is 3.09. The third-order valence-corrected chi connectivity index (χ3v) is 5.69. The molecule has 0 aliphatic rings. The third kappa shape index (κ3) is 3.81. The molecule has 1 aromatic carbocycles. The Morgan fingerprint density at radius 1 is 1.29 bits per heavy atom. The van der Waals surface area contributed by atoms with Crippen molar-refractivity contribution in [3.63, 3.8) is 0 Å². The Hall–Kier alpha value is -1.44. The normalized spacial score (nSPS) is 11.6. The zero-order valence-electron chi connectivity index (χ0n) is 12.2. The standard InChI is InChI=1S/C14H18N2O3S2/c1-10-6-12(19-3)7-11(2)14(10)21(17,18)16-5-4-13-8-15-9-20-13/h6-9,16H,4-5H2,1-3H3. The largest absolute Gasteiger partial charge is 0.497 e. The summed E-state index contributed by atoms with van der Waals surface area (Å²) in [6.07, 6.45) is 2.39. The molecule has 1 N–H and O–H groups in total. The molecule has 0 aliphatic carbocycles. The minimum Gasteiger partial charge on any atom is -0.497 e. The van der Waals surface area contributed by atoms with E-state index in [0.29, 0.717) is 34.7 Å². The van der Waals surface area contributed by atoms with E-state index < -0.39 is 10.0 Å². The van der Waals surface area contributed by atoms with E-state index in [1.807, 2.05) is 0 Å². The predicted molar refractivity (Wildman–Crippen MR) is 83.5 cm³/mol. The van der Waals surface area contributed by atoms with Gasteiger partial charge in [-0.3, -0.25) is 4.98 Å². The molecule has 0 aliphatic heterocycles.